The average molecular weight is 452 g/mol. The molecule has 0 saturated carbocycles. The highest BCUT2D eigenvalue weighted by Crippen LogP contribution is 1.98. The maximum atomic E-state index is 10.9. The highest BCUT2D eigenvalue weighted by molar-refractivity contribution is 5.46. The van der Waals surface area contributed by atoms with Crippen LogP contribution in [-0.4, -0.2) is 50.8 Å². The van der Waals surface area contributed by atoms with Gasteiger partial charge in [0.15, 0.2) is 0 Å². The molecule has 1 aromatic rings. The van der Waals surface area contributed by atoms with E-state index < -0.39 is 0 Å². The molecule has 0 atom stereocenters. The predicted octanol–water partition coefficient (Wildman–Crippen LogP) is 5.52. The molecule has 0 aliphatic heterocycles. The van der Waals surface area contributed by atoms with E-state index in [1.807, 2.05) is 55.4 Å². The van der Waals surface area contributed by atoms with Gasteiger partial charge in [-0.1, -0.05) is 82.6 Å². The van der Waals surface area contributed by atoms with Crippen molar-refractivity contribution in [3.8, 4) is 0 Å². The summed E-state index contributed by atoms with van der Waals surface area (Å²) in [4.78, 5) is 23.9. The Morgan fingerprint density at radius 2 is 1.23 bits per heavy atom. The van der Waals surface area contributed by atoms with Crippen molar-refractivity contribution in [2.24, 2.45) is 5.73 Å². The van der Waals surface area contributed by atoms with Crippen LogP contribution < -0.4 is 21.9 Å². The second kappa shape index (κ2) is 56.8. The molecule has 194 valence electrons. The van der Waals surface area contributed by atoms with E-state index >= 15 is 0 Å². The first-order valence-electron chi connectivity index (χ1n) is 12.3. The average Bonchev–Trinajstić information content (AvgIpc) is 2.86. The standard InChI is InChI=1S/C12H20N2O2.C3H8.4C2H6.CH5N.CH4O/c1-3-7-14(2)8-5-4-6-13-10-9-11(15)12(10)16;1-3-2;6*1-2/h9,13H,3-8H2,1-2H3;3H2,1-2H3;4*1-2H3;2H2,1H3;2H,1H3. The van der Waals surface area contributed by atoms with Crippen LogP contribution in [0.4, 0.5) is 5.69 Å². The topological polar surface area (TPSA) is 95.7 Å². The van der Waals surface area contributed by atoms with Gasteiger partial charge in [0, 0.05) is 19.7 Å². The summed E-state index contributed by atoms with van der Waals surface area (Å²) in [5, 5.41) is 9.98. The number of rotatable bonds is 8. The smallest absolute Gasteiger partial charge is 0.248 e. The van der Waals surface area contributed by atoms with Crippen molar-refractivity contribution in [1.29, 1.82) is 0 Å². The molecule has 6 heteroatoms. The molecule has 0 aliphatic rings. The van der Waals surface area contributed by atoms with Gasteiger partial charge in [-0.2, -0.15) is 0 Å². The fourth-order valence-corrected chi connectivity index (χ4v) is 1.67. The van der Waals surface area contributed by atoms with Crippen molar-refractivity contribution in [3.05, 3.63) is 26.5 Å². The van der Waals surface area contributed by atoms with Crippen LogP contribution >= 0.6 is 0 Å². The van der Waals surface area contributed by atoms with Crippen molar-refractivity contribution >= 4 is 5.69 Å². The van der Waals surface area contributed by atoms with Crippen LogP contribution in [0.25, 0.3) is 0 Å². The summed E-state index contributed by atoms with van der Waals surface area (Å²) in [6.45, 7) is 25.4. The van der Waals surface area contributed by atoms with Gasteiger partial charge in [0.05, 0.1) is 5.69 Å². The van der Waals surface area contributed by atoms with E-state index in [1.165, 1.54) is 26.0 Å². The molecule has 0 unspecified atom stereocenters. The number of aliphatic hydroxyl groups excluding tert-OH is 1. The maximum Gasteiger partial charge on any atom is 0.248 e. The Balaban J connectivity index is -0.0000000646. The third-order valence-corrected chi connectivity index (χ3v) is 2.63. The molecule has 4 N–H and O–H groups in total. The Kier molecular flexibility index (Phi) is 87.0. The van der Waals surface area contributed by atoms with Crippen molar-refractivity contribution < 1.29 is 5.11 Å². The van der Waals surface area contributed by atoms with E-state index in [2.05, 4.69) is 43.8 Å². The molecule has 0 amide bonds. The fourth-order valence-electron chi connectivity index (χ4n) is 1.67. The minimum absolute atomic E-state index is 0.372. The summed E-state index contributed by atoms with van der Waals surface area (Å²) in [6, 6.07) is 1.37. The van der Waals surface area contributed by atoms with E-state index in [1.54, 1.807) is 0 Å². The lowest BCUT2D eigenvalue weighted by Gasteiger charge is -2.15. The molecule has 0 radical (unpaired) electrons. The first-order valence-corrected chi connectivity index (χ1v) is 12.3. The number of nitrogens with one attached hydrogen (secondary N) is 1. The van der Waals surface area contributed by atoms with Crippen LogP contribution in [0.5, 0.6) is 0 Å². The molecule has 1 aromatic carbocycles. The largest absolute Gasteiger partial charge is 0.400 e. The van der Waals surface area contributed by atoms with Crippen LogP contribution in [0, 0.1) is 0 Å². The van der Waals surface area contributed by atoms with Crippen molar-refractivity contribution in [2.45, 2.75) is 102 Å². The van der Waals surface area contributed by atoms with Crippen molar-refractivity contribution in [1.82, 2.24) is 4.90 Å². The normalized spacial score (nSPS) is 7.52. The Morgan fingerprint density at radius 1 is 0.839 bits per heavy atom. The Bertz CT molecular complexity index is 404. The monoisotopic (exact) mass is 451 g/mol. The van der Waals surface area contributed by atoms with Gasteiger partial charge < -0.3 is 21.1 Å². The van der Waals surface area contributed by atoms with Gasteiger partial charge in [-0.05, 0) is 46.4 Å². The van der Waals surface area contributed by atoms with Crippen molar-refractivity contribution in [3.63, 3.8) is 0 Å². The molecule has 31 heavy (non-hydrogen) atoms. The maximum absolute atomic E-state index is 10.9. The zero-order valence-corrected chi connectivity index (χ0v) is 23.8. The Morgan fingerprint density at radius 3 is 1.52 bits per heavy atom. The molecule has 0 aliphatic carbocycles. The number of nitrogens with zero attached hydrogens (tertiary/aromatic N) is 1. The van der Waals surface area contributed by atoms with Crippen LogP contribution in [0.1, 0.15) is 102 Å². The minimum atomic E-state index is -0.384. The van der Waals surface area contributed by atoms with E-state index in [9.17, 15) is 9.59 Å². The number of nitrogens with two attached hydrogens (primary N) is 1. The number of aliphatic hydroxyl groups is 1. The lowest BCUT2D eigenvalue weighted by Crippen LogP contribution is -2.32. The summed E-state index contributed by atoms with van der Waals surface area (Å²) < 4.78 is 0. The van der Waals surface area contributed by atoms with Crippen LogP contribution in [-0.2, 0) is 0 Å². The molecular weight excluding hydrogens is 390 g/mol. The fraction of sp³-hybridized carbons (Fsp3) is 0.840. The third kappa shape index (κ3) is 43.5. The van der Waals surface area contributed by atoms with E-state index in [4.69, 9.17) is 5.11 Å². The van der Waals surface area contributed by atoms with Gasteiger partial charge >= 0.3 is 0 Å². The highest BCUT2D eigenvalue weighted by atomic mass is 16.2. The lowest BCUT2D eigenvalue weighted by atomic mass is 10.2. The number of hydrogen-bond donors (Lipinski definition) is 3. The quantitative estimate of drug-likeness (QED) is 0.356. The molecule has 0 saturated heterocycles. The Hall–Kier alpha value is -1.24. The molecule has 0 spiro atoms. The summed E-state index contributed by atoms with van der Waals surface area (Å²) in [5.41, 5.74) is 4.22. The highest BCUT2D eigenvalue weighted by Gasteiger charge is 2.07. The van der Waals surface area contributed by atoms with Crippen LogP contribution in [0.3, 0.4) is 0 Å². The van der Waals surface area contributed by atoms with Crippen LogP contribution in [0.15, 0.2) is 15.7 Å². The minimum Gasteiger partial charge on any atom is -0.400 e. The summed E-state index contributed by atoms with van der Waals surface area (Å²) in [7, 11) is 4.62. The molecule has 0 bridgehead atoms. The molecule has 1 rings (SSSR count). The summed E-state index contributed by atoms with van der Waals surface area (Å²) in [5.74, 6) is 0. The molecule has 0 heterocycles. The van der Waals surface area contributed by atoms with E-state index in [0.29, 0.717) is 5.69 Å². The summed E-state index contributed by atoms with van der Waals surface area (Å²) in [6.07, 6.45) is 4.56. The second-order valence-electron chi connectivity index (χ2n) is 4.90. The van der Waals surface area contributed by atoms with E-state index in [0.717, 1.165) is 39.6 Å². The molecule has 0 fully saturated rings. The molecule has 6 nitrogen and oxygen atoms in total. The van der Waals surface area contributed by atoms with Crippen LogP contribution in [0.2, 0.25) is 0 Å². The van der Waals surface area contributed by atoms with E-state index in [-0.39, 0.29) is 10.9 Å². The van der Waals surface area contributed by atoms with Crippen molar-refractivity contribution in [2.75, 3.05) is 46.2 Å². The predicted molar refractivity (Wildman–Crippen MR) is 146 cm³/mol. The first kappa shape index (κ1) is 47.5. The van der Waals surface area contributed by atoms with Gasteiger partial charge in [0.25, 0.3) is 0 Å². The zero-order chi connectivity index (χ0) is 26.7. The van der Waals surface area contributed by atoms with Gasteiger partial charge in [-0.15, -0.1) is 0 Å². The number of anilines is 1. The van der Waals surface area contributed by atoms with Gasteiger partial charge in [0.2, 0.25) is 10.9 Å². The SMILES string of the molecule is CC.CC.CC.CC.CCC.CCCN(C)CCCCNc1cc(=O)c1=O.CN.CO. The lowest BCUT2D eigenvalue weighted by molar-refractivity contribution is 0.328. The Labute approximate surface area is 196 Å². The van der Waals surface area contributed by atoms with Gasteiger partial charge in [-0.25, -0.2) is 0 Å². The number of hydrogen-bond acceptors (Lipinski definition) is 6. The third-order valence-electron chi connectivity index (χ3n) is 2.63. The second-order valence-corrected chi connectivity index (χ2v) is 4.90. The van der Waals surface area contributed by atoms with Gasteiger partial charge in [0.1, 0.15) is 0 Å². The molecular formula is C25H61N3O3. The first-order chi connectivity index (χ1) is 15.1. The summed E-state index contributed by atoms with van der Waals surface area (Å²) >= 11 is 0. The number of unbranched alkanes of at least 4 members (excludes halogenated alkanes) is 1. The molecule has 0 aromatic heterocycles. The zero-order valence-electron chi connectivity index (χ0n) is 23.8. The van der Waals surface area contributed by atoms with Gasteiger partial charge in [-0.3, -0.25) is 9.59 Å².